The molecule has 1 N–H and O–H groups in total. The highest BCUT2D eigenvalue weighted by Crippen LogP contribution is 2.24. The molecule has 0 bridgehead atoms. The largest absolute Gasteiger partial charge is 0.381 e. The zero-order valence-electron chi connectivity index (χ0n) is 10.9. The minimum Gasteiger partial charge on any atom is -0.381 e. The van der Waals surface area contributed by atoms with Crippen LogP contribution in [-0.4, -0.2) is 30.6 Å². The number of nitrogens with one attached hydrogen (secondary N) is 1. The Balaban J connectivity index is 1.59. The van der Waals surface area contributed by atoms with Gasteiger partial charge in [-0.1, -0.05) is 0 Å². The van der Waals surface area contributed by atoms with Crippen molar-refractivity contribution >= 4 is 23.1 Å². The van der Waals surface area contributed by atoms with E-state index in [-0.39, 0.29) is 0 Å². The molecule has 3 heteroatoms. The van der Waals surface area contributed by atoms with Crippen LogP contribution in [0.1, 0.15) is 25.7 Å². The Morgan fingerprint density at radius 2 is 1.83 bits per heavy atom. The summed E-state index contributed by atoms with van der Waals surface area (Å²) >= 11 is 2.08. The molecule has 0 spiro atoms. The van der Waals surface area contributed by atoms with Crippen LogP contribution in [0.3, 0.4) is 0 Å². The van der Waals surface area contributed by atoms with E-state index < -0.39 is 0 Å². The van der Waals surface area contributed by atoms with Crippen molar-refractivity contribution in [2.24, 2.45) is 0 Å². The van der Waals surface area contributed by atoms with E-state index in [0.29, 0.717) is 6.04 Å². The summed E-state index contributed by atoms with van der Waals surface area (Å²) in [6, 6.07) is 9.69. The minimum atomic E-state index is 0.668. The van der Waals surface area contributed by atoms with Gasteiger partial charge in [-0.05, 0) is 55.7 Å². The third kappa shape index (κ3) is 2.94. The molecule has 1 aromatic rings. The highest BCUT2D eigenvalue weighted by Gasteiger charge is 2.14. The maximum absolute atomic E-state index is 3.66. The third-order valence-corrected chi connectivity index (χ3v) is 5.09. The van der Waals surface area contributed by atoms with Crippen molar-refractivity contribution in [1.29, 1.82) is 0 Å². The lowest BCUT2D eigenvalue weighted by molar-refractivity contribution is 0.685. The summed E-state index contributed by atoms with van der Waals surface area (Å²) in [7, 11) is 0. The Kier molecular flexibility index (Phi) is 3.99. The topological polar surface area (TPSA) is 15.3 Å². The molecule has 0 radical (unpaired) electrons. The van der Waals surface area contributed by atoms with Gasteiger partial charge in [-0.3, -0.25) is 0 Å². The number of hydrogen-bond donors (Lipinski definition) is 1. The Bertz CT molecular complexity index is 365. The summed E-state index contributed by atoms with van der Waals surface area (Å²) in [6.07, 6.45) is 5.37. The van der Waals surface area contributed by atoms with Crippen LogP contribution in [-0.2, 0) is 0 Å². The van der Waals surface area contributed by atoms with Crippen LogP contribution in [0.5, 0.6) is 0 Å². The van der Waals surface area contributed by atoms with Crippen molar-refractivity contribution in [2.45, 2.75) is 31.7 Å². The predicted octanol–water partition coefficient (Wildman–Crippen LogP) is 3.59. The molecule has 2 aliphatic rings. The molecule has 2 nitrogen and oxygen atoms in total. The number of anilines is 2. The summed E-state index contributed by atoms with van der Waals surface area (Å²) in [6.45, 7) is 2.46. The average molecular weight is 262 g/mol. The van der Waals surface area contributed by atoms with Crippen LogP contribution in [0.15, 0.2) is 24.3 Å². The highest BCUT2D eigenvalue weighted by molar-refractivity contribution is 7.99. The summed E-state index contributed by atoms with van der Waals surface area (Å²) in [4.78, 5) is 2.49. The Labute approximate surface area is 114 Å². The van der Waals surface area contributed by atoms with Crippen LogP contribution in [0.4, 0.5) is 11.4 Å². The fourth-order valence-electron chi connectivity index (χ4n) is 2.83. The van der Waals surface area contributed by atoms with Crippen LogP contribution in [0, 0.1) is 0 Å². The second-order valence-corrected chi connectivity index (χ2v) is 6.45. The molecular formula is C15H22N2S. The van der Waals surface area contributed by atoms with Gasteiger partial charge in [0.25, 0.3) is 0 Å². The maximum Gasteiger partial charge on any atom is 0.0367 e. The molecule has 98 valence electrons. The van der Waals surface area contributed by atoms with Crippen LogP contribution >= 0.6 is 11.8 Å². The monoisotopic (exact) mass is 262 g/mol. The van der Waals surface area contributed by atoms with Crippen molar-refractivity contribution < 1.29 is 0 Å². The normalized spacial score (nSPS) is 24.2. The standard InChI is InChI=1S/C15H22N2S/c1-2-10-17(9-1)15-7-5-13(6-8-15)16-14-4-3-11-18-12-14/h5-8,14,16H,1-4,9-12H2. The Morgan fingerprint density at radius 1 is 1.06 bits per heavy atom. The first kappa shape index (κ1) is 12.2. The Hall–Kier alpha value is -0.830. The molecule has 2 fully saturated rings. The molecule has 18 heavy (non-hydrogen) atoms. The number of rotatable bonds is 3. The van der Waals surface area contributed by atoms with E-state index in [1.54, 1.807) is 0 Å². The van der Waals surface area contributed by atoms with Crippen molar-refractivity contribution in [3.63, 3.8) is 0 Å². The molecule has 1 unspecified atom stereocenters. The molecule has 0 aromatic heterocycles. The first-order valence-corrected chi connectivity index (χ1v) is 8.26. The smallest absolute Gasteiger partial charge is 0.0367 e. The fraction of sp³-hybridized carbons (Fsp3) is 0.600. The average Bonchev–Trinajstić information content (AvgIpc) is 2.95. The van der Waals surface area contributed by atoms with E-state index in [4.69, 9.17) is 0 Å². The van der Waals surface area contributed by atoms with Gasteiger partial charge >= 0.3 is 0 Å². The van der Waals surface area contributed by atoms with Gasteiger partial charge in [-0.25, -0.2) is 0 Å². The Morgan fingerprint density at radius 3 is 2.50 bits per heavy atom. The van der Waals surface area contributed by atoms with Crippen LogP contribution < -0.4 is 10.2 Å². The highest BCUT2D eigenvalue weighted by atomic mass is 32.2. The molecule has 0 saturated carbocycles. The van der Waals surface area contributed by atoms with Gasteiger partial charge in [0.2, 0.25) is 0 Å². The molecule has 1 atom stereocenters. The van der Waals surface area contributed by atoms with Crippen LogP contribution in [0.25, 0.3) is 0 Å². The summed E-state index contributed by atoms with van der Waals surface area (Å²) in [5.41, 5.74) is 2.67. The van der Waals surface area contributed by atoms with Gasteiger partial charge in [0, 0.05) is 36.3 Å². The zero-order chi connectivity index (χ0) is 12.2. The lowest BCUT2D eigenvalue weighted by Gasteiger charge is -2.24. The van der Waals surface area contributed by atoms with E-state index in [1.165, 1.54) is 61.7 Å². The molecule has 3 rings (SSSR count). The molecule has 1 aromatic carbocycles. The second kappa shape index (κ2) is 5.87. The van der Waals surface area contributed by atoms with Crippen molar-refractivity contribution in [2.75, 3.05) is 34.8 Å². The van der Waals surface area contributed by atoms with E-state index in [9.17, 15) is 0 Å². The fourth-order valence-corrected chi connectivity index (χ4v) is 3.91. The van der Waals surface area contributed by atoms with Gasteiger partial charge in [0.1, 0.15) is 0 Å². The van der Waals surface area contributed by atoms with E-state index in [1.807, 2.05) is 0 Å². The molecule has 0 aliphatic carbocycles. The molecule has 2 aliphatic heterocycles. The zero-order valence-corrected chi connectivity index (χ0v) is 11.7. The van der Waals surface area contributed by atoms with Gasteiger partial charge in [-0.2, -0.15) is 11.8 Å². The summed E-state index contributed by atoms with van der Waals surface area (Å²) < 4.78 is 0. The van der Waals surface area contributed by atoms with Gasteiger partial charge in [0.15, 0.2) is 0 Å². The second-order valence-electron chi connectivity index (χ2n) is 5.30. The summed E-state index contributed by atoms with van der Waals surface area (Å²) in [5.74, 6) is 2.60. The maximum atomic E-state index is 3.66. The predicted molar refractivity (Wildman–Crippen MR) is 81.9 cm³/mol. The van der Waals surface area contributed by atoms with E-state index in [2.05, 4.69) is 46.2 Å². The van der Waals surface area contributed by atoms with Crippen molar-refractivity contribution in [3.8, 4) is 0 Å². The first-order valence-electron chi connectivity index (χ1n) is 7.11. The minimum absolute atomic E-state index is 0.668. The molecular weight excluding hydrogens is 240 g/mol. The van der Waals surface area contributed by atoms with Gasteiger partial charge in [-0.15, -0.1) is 0 Å². The first-order chi connectivity index (χ1) is 8.92. The lowest BCUT2D eigenvalue weighted by atomic mass is 10.1. The van der Waals surface area contributed by atoms with Gasteiger partial charge < -0.3 is 10.2 Å². The molecule has 2 saturated heterocycles. The molecule has 0 amide bonds. The lowest BCUT2D eigenvalue weighted by Crippen LogP contribution is -2.25. The SMILES string of the molecule is c1cc(N2CCCC2)ccc1NC1CCCSC1. The number of nitrogens with zero attached hydrogens (tertiary/aromatic N) is 1. The third-order valence-electron chi connectivity index (χ3n) is 3.87. The van der Waals surface area contributed by atoms with Crippen LogP contribution in [0.2, 0.25) is 0 Å². The molecule has 2 heterocycles. The van der Waals surface area contributed by atoms with Crippen molar-refractivity contribution in [1.82, 2.24) is 0 Å². The number of thioether (sulfide) groups is 1. The number of hydrogen-bond acceptors (Lipinski definition) is 3. The van der Waals surface area contributed by atoms with E-state index in [0.717, 1.165) is 0 Å². The summed E-state index contributed by atoms with van der Waals surface area (Å²) in [5, 5.41) is 3.66. The van der Waals surface area contributed by atoms with Crippen molar-refractivity contribution in [3.05, 3.63) is 24.3 Å². The van der Waals surface area contributed by atoms with Gasteiger partial charge in [0.05, 0.1) is 0 Å². The van der Waals surface area contributed by atoms with E-state index >= 15 is 0 Å². The quantitative estimate of drug-likeness (QED) is 0.896. The number of benzene rings is 1.